The average molecular weight is 518 g/mol. The number of nitrogens with zero attached hydrogens (tertiary/aromatic N) is 2. The van der Waals surface area contributed by atoms with Gasteiger partial charge in [-0.1, -0.05) is 84.9 Å². The van der Waals surface area contributed by atoms with Crippen LogP contribution in [0.1, 0.15) is 27.6 Å². The number of anilines is 1. The Hall–Kier alpha value is -5.37. The Balaban J connectivity index is 1.53. The maximum Gasteiger partial charge on any atom is 0.340 e. The summed E-state index contributed by atoms with van der Waals surface area (Å²) in [6.45, 7) is 1.72. The number of carbonyl (C=O) groups is 2. The van der Waals surface area contributed by atoms with E-state index in [1.807, 2.05) is 36.4 Å². The van der Waals surface area contributed by atoms with Gasteiger partial charge in [-0.05, 0) is 30.7 Å². The summed E-state index contributed by atoms with van der Waals surface area (Å²) in [5.74, 6) is -1.45. The molecule has 0 aliphatic rings. The smallest absolute Gasteiger partial charge is 0.340 e. The lowest BCUT2D eigenvalue weighted by molar-refractivity contribution is -0.384. The summed E-state index contributed by atoms with van der Waals surface area (Å²) in [6, 6.07) is 31.2. The maximum absolute atomic E-state index is 13.7. The van der Waals surface area contributed by atoms with Crippen LogP contribution < -0.4 is 5.32 Å². The van der Waals surface area contributed by atoms with Crippen molar-refractivity contribution in [3.8, 4) is 11.3 Å². The van der Waals surface area contributed by atoms with Crippen LogP contribution in [0.5, 0.6) is 0 Å². The molecule has 1 amide bonds. The number of ether oxygens (including phenoxy) is 1. The number of nitrogens with one attached hydrogen (secondary N) is 1. The van der Waals surface area contributed by atoms with Gasteiger partial charge in [0.25, 0.3) is 11.6 Å². The molecule has 39 heavy (non-hydrogen) atoms. The van der Waals surface area contributed by atoms with Gasteiger partial charge >= 0.3 is 5.97 Å². The second kappa shape index (κ2) is 10.9. The van der Waals surface area contributed by atoms with Crippen LogP contribution in [0.4, 0.5) is 11.4 Å². The molecule has 192 valence electrons. The number of nitro benzene ring substituents is 1. The Morgan fingerprint density at radius 1 is 0.872 bits per heavy atom. The van der Waals surface area contributed by atoms with E-state index < -0.39 is 22.9 Å². The first kappa shape index (κ1) is 25.3. The van der Waals surface area contributed by atoms with Crippen LogP contribution in [0.3, 0.4) is 0 Å². The molecule has 8 heteroatoms. The van der Waals surface area contributed by atoms with E-state index in [0.29, 0.717) is 27.7 Å². The third kappa shape index (κ3) is 5.50. The number of amides is 1. The quantitative estimate of drug-likeness (QED) is 0.147. The van der Waals surface area contributed by atoms with E-state index in [1.54, 1.807) is 67.6 Å². The molecule has 1 unspecified atom stereocenters. The van der Waals surface area contributed by atoms with Gasteiger partial charge in [0.2, 0.25) is 6.10 Å². The van der Waals surface area contributed by atoms with Gasteiger partial charge in [0.15, 0.2) is 0 Å². The molecule has 8 nitrogen and oxygen atoms in total. The first-order chi connectivity index (χ1) is 18.9. The van der Waals surface area contributed by atoms with E-state index in [0.717, 1.165) is 5.56 Å². The molecule has 5 rings (SSSR count). The number of aryl methyl sites for hydroxylation is 1. The Morgan fingerprint density at radius 3 is 2.26 bits per heavy atom. The summed E-state index contributed by atoms with van der Waals surface area (Å²) in [5.41, 5.74) is 3.08. The van der Waals surface area contributed by atoms with Gasteiger partial charge in [-0.25, -0.2) is 9.78 Å². The standard InChI is InChI=1S/C31H23N3O5/c1-20-16-17-26(28(18-20)34(37)38)33-30(35)29(22-12-6-3-7-13-22)39-31(36)24-19-27(21-10-4-2-5-11-21)32-25-15-9-8-14-23(24)25/h2-19,29H,1H3,(H,33,35). The lowest BCUT2D eigenvalue weighted by Crippen LogP contribution is -2.26. The van der Waals surface area contributed by atoms with Gasteiger partial charge in [-0.3, -0.25) is 14.9 Å². The lowest BCUT2D eigenvalue weighted by atomic mass is 10.0. The number of hydrogen-bond donors (Lipinski definition) is 1. The van der Waals surface area contributed by atoms with E-state index in [2.05, 4.69) is 5.32 Å². The van der Waals surface area contributed by atoms with Crippen LogP contribution in [0.2, 0.25) is 0 Å². The fourth-order valence-corrected chi connectivity index (χ4v) is 4.27. The molecule has 5 aromatic rings. The Labute approximate surface area is 224 Å². The Kier molecular flexibility index (Phi) is 7.09. The highest BCUT2D eigenvalue weighted by atomic mass is 16.6. The van der Waals surface area contributed by atoms with Crippen LogP contribution in [-0.2, 0) is 9.53 Å². The number of hydrogen-bond acceptors (Lipinski definition) is 6. The lowest BCUT2D eigenvalue weighted by Gasteiger charge is -2.19. The molecule has 0 aliphatic heterocycles. The molecule has 0 saturated carbocycles. The number of fused-ring (bicyclic) bond motifs is 1. The molecule has 1 N–H and O–H groups in total. The third-order valence-corrected chi connectivity index (χ3v) is 6.18. The normalized spacial score (nSPS) is 11.5. The molecule has 1 heterocycles. The number of carbonyl (C=O) groups excluding carboxylic acids is 2. The Bertz CT molecular complexity index is 1690. The zero-order valence-corrected chi connectivity index (χ0v) is 20.9. The second-order valence-electron chi connectivity index (χ2n) is 8.90. The van der Waals surface area contributed by atoms with Crippen molar-refractivity contribution in [3.05, 3.63) is 136 Å². The number of nitro groups is 1. The summed E-state index contributed by atoms with van der Waals surface area (Å²) in [6.07, 6.45) is -1.37. The van der Waals surface area contributed by atoms with Crippen LogP contribution in [-0.4, -0.2) is 21.8 Å². The van der Waals surface area contributed by atoms with Crippen molar-refractivity contribution in [1.82, 2.24) is 4.98 Å². The average Bonchev–Trinajstić information content (AvgIpc) is 2.96. The minimum atomic E-state index is -1.37. The summed E-state index contributed by atoms with van der Waals surface area (Å²) in [4.78, 5) is 42.9. The summed E-state index contributed by atoms with van der Waals surface area (Å²) in [7, 11) is 0. The first-order valence-electron chi connectivity index (χ1n) is 12.2. The molecule has 1 atom stereocenters. The molecular formula is C31H23N3O5. The fourth-order valence-electron chi connectivity index (χ4n) is 4.27. The molecule has 0 bridgehead atoms. The van der Waals surface area contributed by atoms with E-state index >= 15 is 0 Å². The van der Waals surface area contributed by atoms with Crippen molar-refractivity contribution in [3.63, 3.8) is 0 Å². The van der Waals surface area contributed by atoms with Gasteiger partial charge in [0, 0.05) is 22.6 Å². The molecule has 0 saturated heterocycles. The highest BCUT2D eigenvalue weighted by Gasteiger charge is 2.29. The zero-order chi connectivity index (χ0) is 27.4. The van der Waals surface area contributed by atoms with Crippen molar-refractivity contribution < 1.29 is 19.2 Å². The molecule has 1 aromatic heterocycles. The predicted octanol–water partition coefficient (Wildman–Crippen LogP) is 6.66. The highest BCUT2D eigenvalue weighted by Crippen LogP contribution is 2.30. The fraction of sp³-hybridized carbons (Fsp3) is 0.0645. The molecular weight excluding hydrogens is 494 g/mol. The van der Waals surface area contributed by atoms with E-state index in [1.165, 1.54) is 12.1 Å². The molecule has 0 radical (unpaired) electrons. The maximum atomic E-state index is 13.7. The SMILES string of the molecule is Cc1ccc(NC(=O)C(OC(=O)c2cc(-c3ccccc3)nc3ccccc23)c2ccccc2)c([N+](=O)[O-])c1. The van der Waals surface area contributed by atoms with Crippen molar-refractivity contribution in [2.45, 2.75) is 13.0 Å². The number of esters is 1. The number of aromatic nitrogens is 1. The summed E-state index contributed by atoms with van der Waals surface area (Å²) < 4.78 is 5.83. The second-order valence-corrected chi connectivity index (χ2v) is 8.90. The third-order valence-electron chi connectivity index (χ3n) is 6.18. The van der Waals surface area contributed by atoms with Gasteiger partial charge in [-0.15, -0.1) is 0 Å². The molecule has 0 aliphatic carbocycles. The molecule has 0 spiro atoms. The topological polar surface area (TPSA) is 111 Å². The van der Waals surface area contributed by atoms with E-state index in [4.69, 9.17) is 9.72 Å². The minimum absolute atomic E-state index is 0.00769. The number of benzene rings is 4. The summed E-state index contributed by atoms with van der Waals surface area (Å²) >= 11 is 0. The van der Waals surface area contributed by atoms with Crippen molar-refractivity contribution in [2.75, 3.05) is 5.32 Å². The van der Waals surface area contributed by atoms with Crippen molar-refractivity contribution in [1.29, 1.82) is 0 Å². The number of pyridine rings is 1. The Morgan fingerprint density at radius 2 is 1.54 bits per heavy atom. The van der Waals surface area contributed by atoms with E-state index in [9.17, 15) is 19.7 Å². The monoisotopic (exact) mass is 517 g/mol. The van der Waals surface area contributed by atoms with Crippen LogP contribution in [0.15, 0.2) is 109 Å². The van der Waals surface area contributed by atoms with Crippen molar-refractivity contribution >= 4 is 34.2 Å². The number of rotatable bonds is 7. The predicted molar refractivity (Wildman–Crippen MR) is 148 cm³/mol. The van der Waals surface area contributed by atoms with Gasteiger partial charge in [-0.2, -0.15) is 0 Å². The summed E-state index contributed by atoms with van der Waals surface area (Å²) in [5, 5.41) is 14.7. The van der Waals surface area contributed by atoms with Gasteiger partial charge in [0.05, 0.1) is 21.7 Å². The van der Waals surface area contributed by atoms with Crippen LogP contribution >= 0.6 is 0 Å². The van der Waals surface area contributed by atoms with Gasteiger partial charge in [0.1, 0.15) is 5.69 Å². The van der Waals surface area contributed by atoms with Gasteiger partial charge < -0.3 is 10.1 Å². The van der Waals surface area contributed by atoms with Crippen LogP contribution in [0, 0.1) is 17.0 Å². The zero-order valence-electron chi connectivity index (χ0n) is 20.9. The van der Waals surface area contributed by atoms with Crippen LogP contribution in [0.25, 0.3) is 22.2 Å². The van der Waals surface area contributed by atoms with E-state index in [-0.39, 0.29) is 16.9 Å². The highest BCUT2D eigenvalue weighted by molar-refractivity contribution is 6.06. The molecule has 4 aromatic carbocycles. The largest absolute Gasteiger partial charge is 0.444 e. The minimum Gasteiger partial charge on any atom is -0.444 e. The molecule has 0 fully saturated rings. The first-order valence-corrected chi connectivity index (χ1v) is 12.2. The number of para-hydroxylation sites is 1. The van der Waals surface area contributed by atoms with Crippen molar-refractivity contribution in [2.24, 2.45) is 0 Å².